The fourth-order valence-electron chi connectivity index (χ4n) is 1.71. The van der Waals surface area contributed by atoms with E-state index in [9.17, 15) is 9.90 Å². The van der Waals surface area contributed by atoms with Crippen molar-refractivity contribution < 1.29 is 9.90 Å². The molecule has 2 rings (SSSR count). The topological polar surface area (TPSA) is 61.7 Å². The number of benzene rings is 2. The minimum Gasteiger partial charge on any atom is -0.506 e. The van der Waals surface area contributed by atoms with Crippen LogP contribution in [-0.2, 0) is 11.2 Å². The van der Waals surface area contributed by atoms with E-state index in [0.29, 0.717) is 24.0 Å². The summed E-state index contributed by atoms with van der Waals surface area (Å²) in [5.74, 6) is -0.195. The van der Waals surface area contributed by atoms with Crippen molar-refractivity contribution in [2.24, 2.45) is 5.10 Å². The van der Waals surface area contributed by atoms with Crippen LogP contribution in [0.3, 0.4) is 0 Å². The quantitative estimate of drug-likeness (QED) is 0.435. The Balaban J connectivity index is 2.03. The van der Waals surface area contributed by atoms with Crippen molar-refractivity contribution in [2.75, 3.05) is 0 Å². The van der Waals surface area contributed by atoms with Gasteiger partial charge in [0.05, 0.1) is 21.6 Å². The van der Waals surface area contributed by atoms with Crippen LogP contribution in [0.5, 0.6) is 5.75 Å². The first kappa shape index (κ1) is 18.4. The van der Waals surface area contributed by atoms with Crippen LogP contribution in [0.15, 0.2) is 48.9 Å². The summed E-state index contributed by atoms with van der Waals surface area (Å²) in [4.78, 5) is 11.8. The number of hydrogen-bond donors (Lipinski definition) is 2. The molecule has 8 heteroatoms. The maximum atomic E-state index is 11.8. The first-order valence-corrected chi connectivity index (χ1v) is 9.07. The number of phenols is 1. The minimum absolute atomic E-state index is 0.0575. The van der Waals surface area contributed by atoms with E-state index in [1.807, 2.05) is 0 Å². The summed E-state index contributed by atoms with van der Waals surface area (Å²) in [5.41, 5.74) is 3.89. The molecule has 0 saturated carbocycles. The maximum absolute atomic E-state index is 11.8. The molecule has 0 saturated heterocycles. The van der Waals surface area contributed by atoms with E-state index in [2.05, 4.69) is 58.3 Å². The van der Waals surface area contributed by atoms with Gasteiger partial charge >= 0.3 is 0 Å². The Hall–Kier alpha value is -0.890. The lowest BCUT2D eigenvalue weighted by Gasteiger charge is -2.06. The average Bonchev–Trinajstić information content (AvgIpc) is 2.51. The van der Waals surface area contributed by atoms with Crippen molar-refractivity contribution in [3.8, 4) is 5.75 Å². The Morgan fingerprint density at radius 3 is 2.52 bits per heavy atom. The number of amides is 1. The van der Waals surface area contributed by atoms with E-state index in [4.69, 9.17) is 11.6 Å². The lowest BCUT2D eigenvalue weighted by atomic mass is 10.1. The van der Waals surface area contributed by atoms with Crippen LogP contribution in [-0.4, -0.2) is 17.2 Å². The SMILES string of the molecule is O=C(Cc1ccc(Cl)cc1)NN=Cc1c(Br)cc(Br)c(O)c1Br. The van der Waals surface area contributed by atoms with Crippen LogP contribution in [0.2, 0.25) is 5.02 Å². The predicted octanol–water partition coefficient (Wildman–Crippen LogP) is 5.03. The van der Waals surface area contributed by atoms with Crippen LogP contribution in [0.4, 0.5) is 0 Å². The number of halogens is 4. The number of carbonyl (C=O) groups excluding carboxylic acids is 1. The molecule has 23 heavy (non-hydrogen) atoms. The molecule has 0 radical (unpaired) electrons. The Bertz CT molecular complexity index is 764. The molecule has 120 valence electrons. The van der Waals surface area contributed by atoms with Crippen LogP contribution in [0, 0.1) is 0 Å². The molecule has 0 atom stereocenters. The van der Waals surface area contributed by atoms with E-state index in [1.54, 1.807) is 30.3 Å². The van der Waals surface area contributed by atoms with Gasteiger partial charge in [0.25, 0.3) is 0 Å². The van der Waals surface area contributed by atoms with Gasteiger partial charge < -0.3 is 5.11 Å². The van der Waals surface area contributed by atoms with Gasteiger partial charge in [-0.05, 0) is 55.6 Å². The molecule has 0 bridgehead atoms. The van der Waals surface area contributed by atoms with Gasteiger partial charge in [-0.3, -0.25) is 4.79 Å². The molecule has 4 nitrogen and oxygen atoms in total. The number of phenolic OH excluding ortho intramolecular Hbond substituents is 1. The largest absolute Gasteiger partial charge is 0.506 e. The number of hydrazone groups is 1. The minimum atomic E-state index is -0.253. The third kappa shape index (κ3) is 5.04. The summed E-state index contributed by atoms with van der Waals surface area (Å²) in [5, 5.41) is 14.4. The number of rotatable bonds is 4. The van der Waals surface area contributed by atoms with Gasteiger partial charge in [0.15, 0.2) is 0 Å². The van der Waals surface area contributed by atoms with Crippen molar-refractivity contribution in [1.29, 1.82) is 0 Å². The molecule has 2 aromatic rings. The molecule has 0 unspecified atom stereocenters. The van der Waals surface area contributed by atoms with Crippen molar-refractivity contribution in [3.05, 3.63) is 59.9 Å². The van der Waals surface area contributed by atoms with Gasteiger partial charge in [0, 0.05) is 15.1 Å². The fourth-order valence-corrected chi connectivity index (χ4v) is 4.16. The number of nitrogens with zero attached hydrogens (tertiary/aromatic N) is 1. The summed E-state index contributed by atoms with van der Waals surface area (Å²) < 4.78 is 1.72. The van der Waals surface area contributed by atoms with Gasteiger partial charge in [-0.25, -0.2) is 5.43 Å². The standard InChI is InChI=1S/C15H10Br3ClN2O2/c16-11-6-12(17)15(23)14(18)10(11)7-20-21-13(22)5-8-1-3-9(19)4-2-8/h1-4,6-7,23H,5H2,(H,21,22). The average molecular weight is 525 g/mol. The van der Waals surface area contributed by atoms with Gasteiger partial charge in [-0.2, -0.15) is 5.10 Å². The molecular formula is C15H10Br3ClN2O2. The zero-order valence-electron chi connectivity index (χ0n) is 11.5. The Kier molecular flexibility index (Phi) is 6.64. The molecule has 0 aromatic heterocycles. The van der Waals surface area contributed by atoms with E-state index >= 15 is 0 Å². The molecule has 0 fully saturated rings. The van der Waals surface area contributed by atoms with Crippen molar-refractivity contribution in [1.82, 2.24) is 5.43 Å². The van der Waals surface area contributed by atoms with E-state index in [-0.39, 0.29) is 18.1 Å². The molecule has 0 heterocycles. The van der Waals surface area contributed by atoms with E-state index in [0.717, 1.165) is 5.56 Å². The monoisotopic (exact) mass is 522 g/mol. The zero-order chi connectivity index (χ0) is 17.0. The Morgan fingerprint density at radius 2 is 1.87 bits per heavy atom. The summed E-state index contributed by atoms with van der Waals surface area (Å²) in [6, 6.07) is 8.71. The maximum Gasteiger partial charge on any atom is 0.244 e. The van der Waals surface area contributed by atoms with Crippen LogP contribution in [0.1, 0.15) is 11.1 Å². The first-order chi connectivity index (χ1) is 10.9. The first-order valence-electron chi connectivity index (χ1n) is 6.31. The molecule has 2 N–H and O–H groups in total. The molecule has 2 aromatic carbocycles. The van der Waals surface area contributed by atoms with Gasteiger partial charge in [0.2, 0.25) is 5.91 Å². The van der Waals surface area contributed by atoms with Crippen LogP contribution in [0.25, 0.3) is 0 Å². The van der Waals surface area contributed by atoms with Gasteiger partial charge in [-0.15, -0.1) is 0 Å². The smallest absolute Gasteiger partial charge is 0.244 e. The highest BCUT2D eigenvalue weighted by atomic mass is 79.9. The second kappa shape index (κ2) is 8.28. The van der Waals surface area contributed by atoms with E-state index < -0.39 is 0 Å². The molecule has 0 aliphatic carbocycles. The van der Waals surface area contributed by atoms with Gasteiger partial charge in [0.1, 0.15) is 5.75 Å². The lowest BCUT2D eigenvalue weighted by Crippen LogP contribution is -2.19. The molecule has 1 amide bonds. The number of nitrogens with one attached hydrogen (secondary N) is 1. The summed E-state index contributed by atoms with van der Waals surface area (Å²) in [7, 11) is 0. The molecule has 0 aliphatic heterocycles. The second-order valence-electron chi connectivity index (χ2n) is 4.51. The molecule has 0 spiro atoms. The fraction of sp³-hybridized carbons (Fsp3) is 0.0667. The normalized spacial score (nSPS) is 11.0. The number of hydrogen-bond acceptors (Lipinski definition) is 3. The molecule has 0 aliphatic rings. The highest BCUT2D eigenvalue weighted by Crippen LogP contribution is 2.38. The highest BCUT2D eigenvalue weighted by molar-refractivity contribution is 9.11. The molecular weight excluding hydrogens is 515 g/mol. The predicted molar refractivity (Wildman–Crippen MR) is 102 cm³/mol. The van der Waals surface area contributed by atoms with Crippen LogP contribution >= 0.6 is 59.4 Å². The highest BCUT2D eigenvalue weighted by Gasteiger charge is 2.12. The Labute approximate surface area is 163 Å². The lowest BCUT2D eigenvalue weighted by molar-refractivity contribution is -0.120. The number of aromatic hydroxyl groups is 1. The van der Waals surface area contributed by atoms with Gasteiger partial charge in [-0.1, -0.05) is 39.7 Å². The third-order valence-electron chi connectivity index (χ3n) is 2.84. The van der Waals surface area contributed by atoms with E-state index in [1.165, 1.54) is 6.21 Å². The van der Waals surface area contributed by atoms with Crippen LogP contribution < -0.4 is 5.43 Å². The van der Waals surface area contributed by atoms with Crippen molar-refractivity contribution in [3.63, 3.8) is 0 Å². The van der Waals surface area contributed by atoms with Crippen molar-refractivity contribution >= 4 is 71.5 Å². The summed E-state index contributed by atoms with van der Waals surface area (Å²) >= 11 is 15.7. The zero-order valence-corrected chi connectivity index (χ0v) is 17.0. The Morgan fingerprint density at radius 1 is 1.22 bits per heavy atom. The summed E-state index contributed by atoms with van der Waals surface area (Å²) in [6.07, 6.45) is 1.64. The number of carbonyl (C=O) groups is 1. The third-order valence-corrected chi connectivity index (χ3v) is 5.16. The second-order valence-corrected chi connectivity index (χ2v) is 7.45. The summed E-state index contributed by atoms with van der Waals surface area (Å²) in [6.45, 7) is 0. The van der Waals surface area contributed by atoms with Crippen molar-refractivity contribution in [2.45, 2.75) is 6.42 Å².